The lowest BCUT2D eigenvalue weighted by atomic mass is 10.1. The third kappa shape index (κ3) is 6.14. The molecule has 3 rings (SSSR count). The maximum atomic E-state index is 12.5. The molecular formula is C22H22ClN3O2S. The van der Waals surface area contributed by atoms with Crippen LogP contribution in [0.4, 0.5) is 5.69 Å². The topological polar surface area (TPSA) is 61.4 Å². The summed E-state index contributed by atoms with van der Waals surface area (Å²) < 4.78 is 0. The van der Waals surface area contributed by atoms with E-state index in [9.17, 15) is 9.59 Å². The first-order chi connectivity index (χ1) is 14.0. The van der Waals surface area contributed by atoms with Crippen molar-refractivity contribution in [3.05, 3.63) is 70.8 Å². The Morgan fingerprint density at radius 3 is 2.38 bits per heavy atom. The van der Waals surface area contributed by atoms with Gasteiger partial charge in [0.25, 0.3) is 5.91 Å². The second-order valence-corrected chi connectivity index (χ2v) is 7.54. The normalized spacial score (nSPS) is 13.9. The van der Waals surface area contributed by atoms with Gasteiger partial charge in [0.2, 0.25) is 5.91 Å². The Morgan fingerprint density at radius 1 is 1.00 bits per heavy atom. The summed E-state index contributed by atoms with van der Waals surface area (Å²) in [4.78, 5) is 26.4. The molecule has 0 aromatic heterocycles. The van der Waals surface area contributed by atoms with Crippen molar-refractivity contribution in [2.45, 2.75) is 19.3 Å². The van der Waals surface area contributed by atoms with Gasteiger partial charge in [-0.2, -0.15) is 0 Å². The number of hydrogen-bond donors (Lipinski definition) is 2. The molecule has 1 fully saturated rings. The molecule has 0 spiro atoms. The standard InChI is InChI=1S/C22H22ClN3O2S/c23-19-7-3-2-6-16(19)10-13-20(27)25-22(29)24-18-11-8-17(9-12-18)21(28)26-14-4-1-5-15-26/h2-3,6-13H,1,4-5,14-15H2,(H2,24,25,27,29)/b13-10+. The predicted molar refractivity (Wildman–Crippen MR) is 121 cm³/mol. The van der Waals surface area contributed by atoms with Crippen LogP contribution in [0.15, 0.2) is 54.6 Å². The molecule has 0 unspecified atom stereocenters. The smallest absolute Gasteiger partial charge is 0.253 e. The van der Waals surface area contributed by atoms with Crippen molar-refractivity contribution in [3.8, 4) is 0 Å². The highest BCUT2D eigenvalue weighted by Gasteiger charge is 2.17. The lowest BCUT2D eigenvalue weighted by Gasteiger charge is -2.26. The van der Waals surface area contributed by atoms with E-state index in [2.05, 4.69) is 10.6 Å². The van der Waals surface area contributed by atoms with Crippen molar-refractivity contribution in [2.24, 2.45) is 0 Å². The van der Waals surface area contributed by atoms with Gasteiger partial charge in [-0.05, 0) is 73.5 Å². The lowest BCUT2D eigenvalue weighted by Crippen LogP contribution is -2.35. The summed E-state index contributed by atoms with van der Waals surface area (Å²) in [5.74, 6) is -0.309. The molecule has 2 amide bonds. The van der Waals surface area contributed by atoms with Gasteiger partial charge in [-0.1, -0.05) is 29.8 Å². The van der Waals surface area contributed by atoms with Gasteiger partial charge in [-0.25, -0.2) is 0 Å². The zero-order valence-corrected chi connectivity index (χ0v) is 17.4. The summed E-state index contributed by atoms with van der Waals surface area (Å²) in [7, 11) is 0. The van der Waals surface area contributed by atoms with Crippen LogP contribution in [0, 0.1) is 0 Å². The number of amides is 2. The Hall–Kier alpha value is -2.70. The number of carbonyl (C=O) groups excluding carboxylic acids is 2. The molecule has 29 heavy (non-hydrogen) atoms. The zero-order chi connectivity index (χ0) is 20.6. The lowest BCUT2D eigenvalue weighted by molar-refractivity contribution is -0.115. The third-order valence-corrected chi connectivity index (χ3v) is 5.14. The number of piperidine rings is 1. The fourth-order valence-electron chi connectivity index (χ4n) is 3.07. The van der Waals surface area contributed by atoms with Crippen LogP contribution in [0.25, 0.3) is 6.08 Å². The van der Waals surface area contributed by atoms with Gasteiger partial charge in [-0.3, -0.25) is 14.9 Å². The van der Waals surface area contributed by atoms with E-state index >= 15 is 0 Å². The average molecular weight is 428 g/mol. The van der Waals surface area contributed by atoms with Crippen molar-refractivity contribution >= 4 is 52.5 Å². The molecule has 2 aromatic rings. The Balaban J connectivity index is 1.52. The van der Waals surface area contributed by atoms with E-state index in [1.165, 1.54) is 12.5 Å². The molecule has 2 N–H and O–H groups in total. The number of rotatable bonds is 4. The molecule has 2 aromatic carbocycles. The van der Waals surface area contributed by atoms with Crippen LogP contribution in [-0.4, -0.2) is 34.9 Å². The summed E-state index contributed by atoms with van der Waals surface area (Å²) in [5, 5.41) is 6.27. The van der Waals surface area contributed by atoms with Crippen LogP contribution in [-0.2, 0) is 4.79 Å². The molecule has 1 heterocycles. The molecule has 1 saturated heterocycles. The van der Waals surface area contributed by atoms with Crippen molar-refractivity contribution in [2.75, 3.05) is 18.4 Å². The number of nitrogens with one attached hydrogen (secondary N) is 2. The number of thiocarbonyl (C=S) groups is 1. The SMILES string of the molecule is O=C(/C=C/c1ccccc1Cl)NC(=S)Nc1ccc(C(=O)N2CCCCC2)cc1. The van der Waals surface area contributed by atoms with Gasteiger partial charge in [0, 0.05) is 35.4 Å². The predicted octanol–water partition coefficient (Wildman–Crippen LogP) is 4.49. The monoisotopic (exact) mass is 427 g/mol. The molecule has 1 aliphatic heterocycles. The molecule has 150 valence electrons. The summed E-state index contributed by atoms with van der Waals surface area (Å²) in [6, 6.07) is 14.3. The van der Waals surface area contributed by atoms with Gasteiger partial charge in [0.05, 0.1) is 0 Å². The maximum Gasteiger partial charge on any atom is 0.253 e. The highest BCUT2D eigenvalue weighted by atomic mass is 35.5. The van der Waals surface area contributed by atoms with E-state index in [0.717, 1.165) is 31.5 Å². The first kappa shape index (κ1) is 21.0. The van der Waals surface area contributed by atoms with Crippen LogP contribution >= 0.6 is 23.8 Å². The largest absolute Gasteiger partial charge is 0.339 e. The summed E-state index contributed by atoms with van der Waals surface area (Å²) in [5.41, 5.74) is 2.09. The second kappa shape index (κ2) is 10.2. The second-order valence-electron chi connectivity index (χ2n) is 6.73. The molecule has 7 heteroatoms. The number of likely N-dealkylation sites (tertiary alicyclic amines) is 1. The fourth-order valence-corrected chi connectivity index (χ4v) is 3.48. The Labute approximate surface area is 180 Å². The summed E-state index contributed by atoms with van der Waals surface area (Å²) in [6.07, 6.45) is 6.30. The highest BCUT2D eigenvalue weighted by molar-refractivity contribution is 7.80. The number of benzene rings is 2. The minimum Gasteiger partial charge on any atom is -0.339 e. The summed E-state index contributed by atoms with van der Waals surface area (Å²) >= 11 is 11.2. The van der Waals surface area contributed by atoms with Gasteiger partial charge < -0.3 is 10.2 Å². The number of halogens is 1. The quantitative estimate of drug-likeness (QED) is 0.557. The first-order valence-corrected chi connectivity index (χ1v) is 10.3. The molecule has 0 atom stereocenters. The Kier molecular flexibility index (Phi) is 7.38. The van der Waals surface area contributed by atoms with E-state index < -0.39 is 0 Å². The Bertz CT molecular complexity index is 922. The molecule has 0 aliphatic carbocycles. The average Bonchev–Trinajstić information content (AvgIpc) is 2.74. The molecule has 0 radical (unpaired) electrons. The van der Waals surface area contributed by atoms with E-state index in [-0.39, 0.29) is 16.9 Å². The number of anilines is 1. The van der Waals surface area contributed by atoms with Crippen LogP contribution in [0.5, 0.6) is 0 Å². The zero-order valence-electron chi connectivity index (χ0n) is 15.9. The van der Waals surface area contributed by atoms with Crippen molar-refractivity contribution in [1.82, 2.24) is 10.2 Å². The van der Waals surface area contributed by atoms with Crippen LogP contribution in [0.2, 0.25) is 5.02 Å². The van der Waals surface area contributed by atoms with Gasteiger partial charge >= 0.3 is 0 Å². The fraction of sp³-hybridized carbons (Fsp3) is 0.227. The van der Waals surface area contributed by atoms with Crippen molar-refractivity contribution in [3.63, 3.8) is 0 Å². The van der Waals surface area contributed by atoms with E-state index in [0.29, 0.717) is 16.3 Å². The van der Waals surface area contributed by atoms with Gasteiger partial charge in [-0.15, -0.1) is 0 Å². The maximum absolute atomic E-state index is 12.5. The molecule has 1 aliphatic rings. The summed E-state index contributed by atoms with van der Waals surface area (Å²) in [6.45, 7) is 1.63. The molecule has 0 saturated carbocycles. The van der Waals surface area contributed by atoms with E-state index in [1.54, 1.807) is 36.4 Å². The van der Waals surface area contributed by atoms with Crippen LogP contribution < -0.4 is 10.6 Å². The Morgan fingerprint density at radius 2 is 1.69 bits per heavy atom. The van der Waals surface area contributed by atoms with E-state index in [4.69, 9.17) is 23.8 Å². The third-order valence-electron chi connectivity index (χ3n) is 4.59. The number of nitrogens with zero attached hydrogens (tertiary/aromatic N) is 1. The number of hydrogen-bond acceptors (Lipinski definition) is 3. The molecule has 0 bridgehead atoms. The van der Waals surface area contributed by atoms with Crippen LogP contribution in [0.3, 0.4) is 0 Å². The van der Waals surface area contributed by atoms with Gasteiger partial charge in [0.15, 0.2) is 5.11 Å². The highest BCUT2D eigenvalue weighted by Crippen LogP contribution is 2.17. The molecule has 5 nitrogen and oxygen atoms in total. The van der Waals surface area contributed by atoms with Crippen molar-refractivity contribution in [1.29, 1.82) is 0 Å². The minimum atomic E-state index is -0.362. The first-order valence-electron chi connectivity index (χ1n) is 9.47. The van der Waals surface area contributed by atoms with Crippen LogP contribution in [0.1, 0.15) is 35.2 Å². The van der Waals surface area contributed by atoms with Gasteiger partial charge in [0.1, 0.15) is 0 Å². The number of carbonyl (C=O) groups is 2. The molecular weight excluding hydrogens is 406 g/mol. The minimum absolute atomic E-state index is 0.0526. The van der Waals surface area contributed by atoms with E-state index in [1.807, 2.05) is 23.1 Å². The van der Waals surface area contributed by atoms with Crippen molar-refractivity contribution < 1.29 is 9.59 Å².